The first kappa shape index (κ1) is 21.4. The molecule has 4 nitrogen and oxygen atoms in total. The molecule has 5 rings (SSSR count). The van der Waals surface area contributed by atoms with Crippen LogP contribution in [0.25, 0.3) is 0 Å². The summed E-state index contributed by atoms with van der Waals surface area (Å²) < 4.78 is 5.48. The summed E-state index contributed by atoms with van der Waals surface area (Å²) in [6.07, 6.45) is 12.0. The summed E-state index contributed by atoms with van der Waals surface area (Å²) in [5.41, 5.74) is 0.633. The molecule has 0 spiro atoms. The summed E-state index contributed by atoms with van der Waals surface area (Å²) in [5.74, 6) is 3.85. The zero-order chi connectivity index (χ0) is 20.9. The van der Waals surface area contributed by atoms with Gasteiger partial charge in [0.25, 0.3) is 0 Å². The molecule has 170 valence electrons. The molecule has 1 heterocycles. The molecule has 5 aliphatic rings. The zero-order valence-corrected chi connectivity index (χ0v) is 19.3. The Labute approximate surface area is 183 Å². The van der Waals surface area contributed by atoms with Crippen LogP contribution in [0.5, 0.6) is 0 Å². The molecule has 0 bridgehead atoms. The van der Waals surface area contributed by atoms with E-state index in [4.69, 9.17) is 4.74 Å². The fourth-order valence-electron chi connectivity index (χ4n) is 9.05. The van der Waals surface area contributed by atoms with E-state index in [-0.39, 0.29) is 17.4 Å². The highest BCUT2D eigenvalue weighted by molar-refractivity contribution is 5.84. The van der Waals surface area contributed by atoms with Gasteiger partial charge in [-0.3, -0.25) is 9.69 Å². The summed E-state index contributed by atoms with van der Waals surface area (Å²) in [7, 11) is 0. The smallest absolute Gasteiger partial charge is 0.150 e. The van der Waals surface area contributed by atoms with Crippen molar-refractivity contribution < 1.29 is 14.6 Å². The van der Waals surface area contributed by atoms with E-state index in [1.807, 2.05) is 0 Å². The molecule has 0 aromatic carbocycles. The largest absolute Gasteiger partial charge is 0.393 e. The Kier molecular flexibility index (Phi) is 5.82. The molecule has 4 aliphatic carbocycles. The van der Waals surface area contributed by atoms with Crippen LogP contribution in [-0.4, -0.2) is 54.7 Å². The van der Waals surface area contributed by atoms with Crippen molar-refractivity contribution in [3.63, 3.8) is 0 Å². The Morgan fingerprint density at radius 1 is 0.967 bits per heavy atom. The van der Waals surface area contributed by atoms with Gasteiger partial charge in [-0.15, -0.1) is 0 Å². The van der Waals surface area contributed by atoms with Crippen molar-refractivity contribution in [2.24, 2.45) is 40.4 Å². The highest BCUT2D eigenvalue weighted by atomic mass is 16.5. The average molecular weight is 418 g/mol. The van der Waals surface area contributed by atoms with Gasteiger partial charge in [0.15, 0.2) is 0 Å². The summed E-state index contributed by atoms with van der Waals surface area (Å²) in [5, 5.41) is 10.3. The van der Waals surface area contributed by atoms with E-state index in [0.717, 1.165) is 63.3 Å². The number of Topliss-reactive ketones (excluding diaryl/α,β-unsaturated/α-hetero) is 1. The maximum atomic E-state index is 13.5. The molecule has 1 aliphatic heterocycles. The molecule has 5 fully saturated rings. The lowest BCUT2D eigenvalue weighted by Gasteiger charge is -2.63. The first-order valence-corrected chi connectivity index (χ1v) is 12.9. The average Bonchev–Trinajstić information content (AvgIpc) is 2.74. The first-order chi connectivity index (χ1) is 14.4. The highest BCUT2D eigenvalue weighted by Crippen LogP contribution is 2.66. The fraction of sp³-hybridized carbons (Fsp3) is 0.962. The molecule has 0 radical (unpaired) electrons. The topological polar surface area (TPSA) is 49.8 Å². The fourth-order valence-corrected chi connectivity index (χ4v) is 9.05. The van der Waals surface area contributed by atoms with Crippen LogP contribution >= 0.6 is 0 Å². The van der Waals surface area contributed by atoms with Crippen molar-refractivity contribution in [3.05, 3.63) is 0 Å². The van der Waals surface area contributed by atoms with E-state index >= 15 is 0 Å². The standard InChI is InChI=1S/C26H43NO3/c1-25-10-8-19(28)16-18(25)6-7-20-21-4-3-5-23(26(21,2)11-9-22(20)25)24(29)17-27-12-14-30-15-13-27/h18-23,28H,3-17H2,1-2H3/t18-,19+,20-,21-,22-,23+,25-,26-/m0/s1. The van der Waals surface area contributed by atoms with Gasteiger partial charge in [0.05, 0.1) is 25.9 Å². The Morgan fingerprint density at radius 3 is 2.50 bits per heavy atom. The zero-order valence-electron chi connectivity index (χ0n) is 19.3. The minimum absolute atomic E-state index is 0.0645. The van der Waals surface area contributed by atoms with Gasteiger partial charge in [-0.1, -0.05) is 20.3 Å². The third-order valence-corrected chi connectivity index (χ3v) is 10.8. The van der Waals surface area contributed by atoms with Crippen molar-refractivity contribution in [2.45, 2.75) is 84.2 Å². The number of morpholine rings is 1. The molecular weight excluding hydrogens is 374 g/mol. The van der Waals surface area contributed by atoms with Gasteiger partial charge in [-0.2, -0.15) is 0 Å². The number of carbonyl (C=O) groups excluding carboxylic acids is 1. The van der Waals surface area contributed by atoms with Crippen LogP contribution in [0.2, 0.25) is 0 Å². The minimum Gasteiger partial charge on any atom is -0.393 e. The molecular formula is C26H43NO3. The van der Waals surface area contributed by atoms with Crippen LogP contribution in [-0.2, 0) is 9.53 Å². The Hall–Kier alpha value is -0.450. The second kappa shape index (κ2) is 8.15. The Morgan fingerprint density at radius 2 is 1.70 bits per heavy atom. The molecule has 0 amide bonds. The van der Waals surface area contributed by atoms with Gasteiger partial charge < -0.3 is 9.84 Å². The summed E-state index contributed by atoms with van der Waals surface area (Å²) in [6.45, 7) is 9.07. The van der Waals surface area contributed by atoms with Gasteiger partial charge in [-0.25, -0.2) is 0 Å². The molecule has 4 heteroatoms. The predicted octanol–water partition coefficient (Wildman–Crippen LogP) is 4.30. The van der Waals surface area contributed by atoms with Crippen LogP contribution in [0.4, 0.5) is 0 Å². The second-order valence-corrected chi connectivity index (χ2v) is 12.0. The second-order valence-electron chi connectivity index (χ2n) is 12.0. The summed E-state index contributed by atoms with van der Waals surface area (Å²) >= 11 is 0. The monoisotopic (exact) mass is 417 g/mol. The summed E-state index contributed by atoms with van der Waals surface area (Å²) in [4.78, 5) is 15.8. The van der Waals surface area contributed by atoms with E-state index in [1.165, 1.54) is 44.9 Å². The lowest BCUT2D eigenvalue weighted by Crippen LogP contribution is -2.58. The van der Waals surface area contributed by atoms with E-state index in [2.05, 4.69) is 18.7 Å². The maximum absolute atomic E-state index is 13.5. The number of aliphatic hydroxyl groups is 1. The van der Waals surface area contributed by atoms with Crippen LogP contribution in [0.3, 0.4) is 0 Å². The Balaban J connectivity index is 1.33. The number of carbonyl (C=O) groups is 1. The number of fused-ring (bicyclic) bond motifs is 5. The predicted molar refractivity (Wildman–Crippen MR) is 118 cm³/mol. The van der Waals surface area contributed by atoms with Crippen LogP contribution in [0.1, 0.15) is 78.1 Å². The van der Waals surface area contributed by atoms with E-state index in [1.54, 1.807) is 0 Å². The third kappa shape index (κ3) is 3.49. The molecule has 0 unspecified atom stereocenters. The molecule has 8 atom stereocenters. The van der Waals surface area contributed by atoms with Crippen molar-refractivity contribution in [2.75, 3.05) is 32.8 Å². The number of hydrogen-bond acceptors (Lipinski definition) is 4. The highest BCUT2D eigenvalue weighted by Gasteiger charge is 2.59. The molecule has 4 saturated carbocycles. The number of aliphatic hydroxyl groups excluding tert-OH is 1. The van der Waals surface area contributed by atoms with E-state index < -0.39 is 0 Å². The number of ketones is 1. The lowest BCUT2D eigenvalue weighted by atomic mass is 9.41. The molecule has 30 heavy (non-hydrogen) atoms. The lowest BCUT2D eigenvalue weighted by molar-refractivity contribution is -0.161. The number of hydrogen-bond donors (Lipinski definition) is 1. The van der Waals surface area contributed by atoms with Gasteiger partial charge in [0, 0.05) is 19.0 Å². The Bertz CT molecular complexity index is 646. The SMILES string of the molecule is C[C@]12CC[C@@H](O)C[C@@H]1CC[C@@H]1[C@@H]2CC[C@]2(C)[C@@H](C(=O)CN3CCOCC3)CCC[C@@H]12. The van der Waals surface area contributed by atoms with Crippen LogP contribution in [0, 0.1) is 40.4 Å². The van der Waals surface area contributed by atoms with Crippen LogP contribution < -0.4 is 0 Å². The minimum atomic E-state index is -0.0645. The quantitative estimate of drug-likeness (QED) is 0.744. The van der Waals surface area contributed by atoms with Crippen molar-refractivity contribution in [1.82, 2.24) is 4.90 Å². The number of nitrogens with zero attached hydrogens (tertiary/aromatic N) is 1. The van der Waals surface area contributed by atoms with Gasteiger partial charge in [0.2, 0.25) is 0 Å². The molecule has 1 saturated heterocycles. The van der Waals surface area contributed by atoms with Gasteiger partial charge in [-0.05, 0) is 92.3 Å². The molecule has 0 aromatic heterocycles. The van der Waals surface area contributed by atoms with Gasteiger partial charge in [0.1, 0.15) is 5.78 Å². The van der Waals surface area contributed by atoms with E-state index in [0.29, 0.717) is 23.7 Å². The maximum Gasteiger partial charge on any atom is 0.150 e. The van der Waals surface area contributed by atoms with Crippen molar-refractivity contribution in [1.29, 1.82) is 0 Å². The third-order valence-electron chi connectivity index (χ3n) is 10.8. The molecule has 1 N–H and O–H groups in total. The molecule has 0 aromatic rings. The normalized spacial score (nSPS) is 49.6. The van der Waals surface area contributed by atoms with Gasteiger partial charge >= 0.3 is 0 Å². The number of rotatable bonds is 3. The number of ether oxygens (including phenoxy) is 1. The van der Waals surface area contributed by atoms with E-state index in [9.17, 15) is 9.90 Å². The van der Waals surface area contributed by atoms with Crippen LogP contribution in [0.15, 0.2) is 0 Å². The van der Waals surface area contributed by atoms with Crippen molar-refractivity contribution >= 4 is 5.78 Å². The van der Waals surface area contributed by atoms with Crippen molar-refractivity contribution in [3.8, 4) is 0 Å². The first-order valence-electron chi connectivity index (χ1n) is 12.9. The summed E-state index contributed by atoms with van der Waals surface area (Å²) in [6, 6.07) is 0.